The minimum absolute atomic E-state index is 0.0406. The highest BCUT2D eigenvalue weighted by Gasteiger charge is 2.28. The molecule has 0 fully saturated rings. The van der Waals surface area contributed by atoms with Crippen LogP contribution in [0.25, 0.3) is 0 Å². The van der Waals surface area contributed by atoms with Gasteiger partial charge < -0.3 is 29.6 Å². The number of rotatable bonds is 20. The van der Waals surface area contributed by atoms with E-state index in [1.807, 2.05) is 36.4 Å². The second-order valence-corrected chi connectivity index (χ2v) is 8.98. The van der Waals surface area contributed by atoms with Gasteiger partial charge in [-0.2, -0.15) is 0 Å². The van der Waals surface area contributed by atoms with Crippen molar-refractivity contribution in [1.29, 1.82) is 0 Å². The Bertz CT molecular complexity index is 1070. The molecule has 0 saturated carbocycles. The Kier molecular flexibility index (Phi) is 15.5. The molecule has 2 aromatic carbocycles. The first kappa shape index (κ1) is 32.3. The molecule has 0 unspecified atom stereocenters. The van der Waals surface area contributed by atoms with Gasteiger partial charge in [0.25, 0.3) is 5.91 Å². The molecular formula is C31H40N2O7. The van der Waals surface area contributed by atoms with E-state index in [9.17, 15) is 14.4 Å². The van der Waals surface area contributed by atoms with Gasteiger partial charge in [0, 0.05) is 12.7 Å². The van der Waals surface area contributed by atoms with Gasteiger partial charge >= 0.3 is 5.97 Å². The Morgan fingerprint density at radius 2 is 1.70 bits per heavy atom. The zero-order chi connectivity index (χ0) is 29.0. The van der Waals surface area contributed by atoms with Crippen LogP contribution in [0.1, 0.15) is 41.6 Å². The summed E-state index contributed by atoms with van der Waals surface area (Å²) in [5, 5.41) is 5.29. The van der Waals surface area contributed by atoms with Gasteiger partial charge in [0.15, 0.2) is 6.04 Å². The normalized spacial score (nSPS) is 12.0. The van der Waals surface area contributed by atoms with Crippen LogP contribution in [0.15, 0.2) is 79.9 Å². The van der Waals surface area contributed by atoms with E-state index in [4.69, 9.17) is 18.9 Å². The Hall–Kier alpha value is -3.95. The minimum atomic E-state index is -1.10. The first-order valence-corrected chi connectivity index (χ1v) is 13.3. The van der Waals surface area contributed by atoms with E-state index < -0.39 is 29.9 Å². The molecule has 0 aliphatic heterocycles. The topological polar surface area (TPSA) is 112 Å². The predicted molar refractivity (Wildman–Crippen MR) is 153 cm³/mol. The molecule has 2 atom stereocenters. The summed E-state index contributed by atoms with van der Waals surface area (Å²) >= 11 is 0. The van der Waals surface area contributed by atoms with Crippen molar-refractivity contribution in [3.63, 3.8) is 0 Å². The summed E-state index contributed by atoms with van der Waals surface area (Å²) in [5.41, 5.74) is 1.13. The van der Waals surface area contributed by atoms with Gasteiger partial charge in [0.05, 0.1) is 26.4 Å². The number of allylic oxidation sites excluding steroid dienone is 1. The number of carbonyl (C=O) groups is 3. The molecule has 0 aromatic heterocycles. The van der Waals surface area contributed by atoms with E-state index in [2.05, 4.69) is 23.8 Å². The number of carbonyl (C=O) groups excluding carboxylic acids is 3. The molecule has 9 nitrogen and oxygen atoms in total. The molecule has 0 aliphatic rings. The first-order valence-electron chi connectivity index (χ1n) is 13.3. The Morgan fingerprint density at radius 1 is 0.900 bits per heavy atom. The van der Waals surface area contributed by atoms with Crippen molar-refractivity contribution in [3.8, 4) is 5.75 Å². The van der Waals surface area contributed by atoms with Crippen LogP contribution in [-0.2, 0) is 30.4 Å². The van der Waals surface area contributed by atoms with Crippen molar-refractivity contribution >= 4 is 17.8 Å². The highest BCUT2D eigenvalue weighted by atomic mass is 16.5. The van der Waals surface area contributed by atoms with Crippen molar-refractivity contribution in [2.75, 3.05) is 33.5 Å². The second kappa shape index (κ2) is 19.2. The average molecular weight is 553 g/mol. The van der Waals surface area contributed by atoms with E-state index in [0.29, 0.717) is 17.9 Å². The lowest BCUT2D eigenvalue weighted by Gasteiger charge is -2.22. The number of benzene rings is 2. The number of unbranched alkanes of at least 4 members (excludes halogenated alkanes) is 3. The number of hydrogen-bond donors (Lipinski definition) is 2. The highest BCUT2D eigenvalue weighted by molar-refractivity contribution is 5.98. The minimum Gasteiger partial charge on any atom is -0.494 e. The number of esters is 1. The van der Waals surface area contributed by atoms with E-state index in [1.165, 1.54) is 13.2 Å². The van der Waals surface area contributed by atoms with Crippen LogP contribution in [-0.4, -0.2) is 63.4 Å². The van der Waals surface area contributed by atoms with E-state index in [0.717, 1.165) is 31.2 Å². The van der Waals surface area contributed by atoms with Crippen LogP contribution in [0.4, 0.5) is 0 Å². The lowest BCUT2D eigenvalue weighted by atomic mass is 10.1. The van der Waals surface area contributed by atoms with Gasteiger partial charge in [-0.1, -0.05) is 48.6 Å². The maximum absolute atomic E-state index is 13.1. The zero-order valence-corrected chi connectivity index (χ0v) is 23.1. The smallest absolute Gasteiger partial charge is 0.331 e. The molecule has 0 aliphatic carbocycles. The summed E-state index contributed by atoms with van der Waals surface area (Å²) < 4.78 is 21.7. The van der Waals surface area contributed by atoms with Crippen molar-refractivity contribution in [1.82, 2.24) is 10.6 Å². The molecular weight excluding hydrogens is 512 g/mol. The van der Waals surface area contributed by atoms with Gasteiger partial charge in [-0.3, -0.25) is 9.59 Å². The lowest BCUT2D eigenvalue weighted by Crippen LogP contribution is -2.54. The molecule has 0 bridgehead atoms. The molecule has 2 aromatic rings. The third-order valence-electron chi connectivity index (χ3n) is 5.72. The number of methoxy groups -OCH3 is 1. The van der Waals surface area contributed by atoms with E-state index >= 15 is 0 Å². The Morgan fingerprint density at radius 3 is 2.42 bits per heavy atom. The summed E-state index contributed by atoms with van der Waals surface area (Å²) in [6.07, 6.45) is 7.39. The summed E-state index contributed by atoms with van der Waals surface area (Å²) in [5.74, 6) is -1.21. The molecule has 0 saturated heterocycles. The molecule has 216 valence electrons. The van der Waals surface area contributed by atoms with E-state index in [-0.39, 0.29) is 26.4 Å². The maximum atomic E-state index is 13.1. The fourth-order valence-electron chi connectivity index (χ4n) is 3.62. The van der Waals surface area contributed by atoms with Gasteiger partial charge in [-0.15, -0.1) is 13.2 Å². The third-order valence-corrected chi connectivity index (χ3v) is 5.72. The molecule has 9 heteroatoms. The predicted octanol–water partition coefficient (Wildman–Crippen LogP) is 3.99. The fraction of sp³-hybridized carbons (Fsp3) is 0.387. The van der Waals surface area contributed by atoms with Crippen molar-refractivity contribution < 1.29 is 33.3 Å². The molecule has 2 N–H and O–H groups in total. The summed E-state index contributed by atoms with van der Waals surface area (Å²) in [6, 6.07) is 13.7. The highest BCUT2D eigenvalue weighted by Crippen LogP contribution is 2.14. The summed E-state index contributed by atoms with van der Waals surface area (Å²) in [7, 11) is 1.41. The molecule has 2 rings (SSSR count). The zero-order valence-electron chi connectivity index (χ0n) is 23.1. The van der Waals surface area contributed by atoms with Crippen LogP contribution in [0, 0.1) is 0 Å². The van der Waals surface area contributed by atoms with Crippen molar-refractivity contribution in [2.45, 2.75) is 44.4 Å². The van der Waals surface area contributed by atoms with Crippen LogP contribution < -0.4 is 15.4 Å². The molecule has 0 heterocycles. The number of hydrogen-bond acceptors (Lipinski definition) is 7. The maximum Gasteiger partial charge on any atom is 0.331 e. The summed E-state index contributed by atoms with van der Waals surface area (Å²) in [4.78, 5) is 38.9. The number of ether oxygens (including phenoxy) is 4. The van der Waals surface area contributed by atoms with Crippen LogP contribution in [0.3, 0.4) is 0 Å². The summed E-state index contributed by atoms with van der Waals surface area (Å²) in [6.45, 7) is 7.82. The molecule has 0 spiro atoms. The van der Waals surface area contributed by atoms with Crippen LogP contribution in [0.5, 0.6) is 5.75 Å². The number of amides is 2. The largest absolute Gasteiger partial charge is 0.494 e. The second-order valence-electron chi connectivity index (χ2n) is 8.98. The van der Waals surface area contributed by atoms with Gasteiger partial charge in [0.2, 0.25) is 5.91 Å². The van der Waals surface area contributed by atoms with Gasteiger partial charge in [-0.05, 0) is 49.4 Å². The third kappa shape index (κ3) is 12.3. The quantitative estimate of drug-likeness (QED) is 0.145. The standard InChI is InChI=1S/C31H40N2O7/c1-4-6-7-8-12-19-39-26-17-13-16-25(20-26)29(34)32-27(22-37-3)30(35)33-28(23-38-18-5-2)31(36)40-21-24-14-10-9-11-15-24/h4-5,9-11,13-17,20,27-28H,1-2,6-8,12,18-19,21-23H2,3H3,(H,32,34)(H,33,35)/t27-,28-/m0/s1. The average Bonchev–Trinajstić information content (AvgIpc) is 2.97. The van der Waals surface area contributed by atoms with Gasteiger partial charge in [0.1, 0.15) is 18.4 Å². The Balaban J connectivity index is 1.99. The fourth-order valence-corrected chi connectivity index (χ4v) is 3.62. The van der Waals surface area contributed by atoms with Crippen LogP contribution in [0.2, 0.25) is 0 Å². The monoisotopic (exact) mass is 552 g/mol. The number of nitrogens with one attached hydrogen (secondary N) is 2. The molecule has 2 amide bonds. The van der Waals surface area contributed by atoms with Gasteiger partial charge in [-0.25, -0.2) is 4.79 Å². The van der Waals surface area contributed by atoms with E-state index in [1.54, 1.807) is 24.3 Å². The van der Waals surface area contributed by atoms with Crippen molar-refractivity contribution in [3.05, 3.63) is 91.0 Å². The molecule has 0 radical (unpaired) electrons. The molecule has 40 heavy (non-hydrogen) atoms. The Labute approximate surface area is 236 Å². The van der Waals surface area contributed by atoms with Crippen molar-refractivity contribution in [2.24, 2.45) is 0 Å². The van der Waals surface area contributed by atoms with Crippen LogP contribution >= 0.6 is 0 Å². The SMILES string of the molecule is C=CCCCCCOc1cccc(C(=O)N[C@@H](COC)C(=O)N[C@@H](COCC=C)C(=O)OCc2ccccc2)c1. The lowest BCUT2D eigenvalue weighted by molar-refractivity contribution is -0.151. The first-order chi connectivity index (χ1) is 19.5.